The number of benzene rings is 1. The molecule has 1 atom stereocenters. The van der Waals surface area contributed by atoms with E-state index in [1.165, 1.54) is 6.07 Å². The molecule has 0 heterocycles. The first kappa shape index (κ1) is 12.7. The number of anilines is 2. The van der Waals surface area contributed by atoms with E-state index in [4.69, 9.17) is 10.5 Å². The van der Waals surface area contributed by atoms with Gasteiger partial charge in [-0.05, 0) is 25.5 Å². The summed E-state index contributed by atoms with van der Waals surface area (Å²) in [7, 11) is 1.59. The summed E-state index contributed by atoms with van der Waals surface area (Å²) in [6.07, 6.45) is 0.686. The molecule has 1 aromatic carbocycles. The van der Waals surface area contributed by atoms with Crippen LogP contribution in [0.25, 0.3) is 0 Å². The van der Waals surface area contributed by atoms with E-state index in [2.05, 4.69) is 5.32 Å². The lowest BCUT2D eigenvalue weighted by Gasteiger charge is -2.17. The van der Waals surface area contributed by atoms with Gasteiger partial charge in [0.15, 0.2) is 11.6 Å². The van der Waals surface area contributed by atoms with Gasteiger partial charge in [0.2, 0.25) is 0 Å². The second-order valence-corrected chi connectivity index (χ2v) is 3.65. The molecule has 3 N–H and O–H groups in total. The number of hydrogen-bond acceptors (Lipinski definition) is 3. The highest BCUT2D eigenvalue weighted by Crippen LogP contribution is 2.25. The van der Waals surface area contributed by atoms with E-state index in [-0.39, 0.29) is 17.4 Å². The quantitative estimate of drug-likeness (QED) is 0.763. The third kappa shape index (κ3) is 3.06. The van der Waals surface area contributed by atoms with Crippen LogP contribution in [0.5, 0.6) is 0 Å². The first-order valence-electron chi connectivity index (χ1n) is 5.05. The maximum Gasteiger partial charge on any atom is 0.183 e. The molecule has 0 spiro atoms. The number of nitrogens with one attached hydrogen (secondary N) is 1. The van der Waals surface area contributed by atoms with Crippen molar-refractivity contribution in [3.05, 3.63) is 23.8 Å². The smallest absolute Gasteiger partial charge is 0.183 e. The molecule has 0 radical (unpaired) electrons. The molecule has 0 saturated carbocycles. The topological polar surface area (TPSA) is 47.3 Å². The standard InChI is InChI=1S/C11H16F2N2O/c1-7(5-6-16-2)15-11-9(14)4-3-8(12)10(11)13/h3-4,7,15H,5-6,14H2,1-2H3. The Morgan fingerprint density at radius 3 is 2.75 bits per heavy atom. The fraction of sp³-hybridized carbons (Fsp3) is 0.455. The Bertz CT molecular complexity index is 358. The maximum absolute atomic E-state index is 13.4. The van der Waals surface area contributed by atoms with E-state index >= 15 is 0 Å². The fourth-order valence-corrected chi connectivity index (χ4v) is 1.33. The van der Waals surface area contributed by atoms with E-state index in [0.29, 0.717) is 13.0 Å². The van der Waals surface area contributed by atoms with Gasteiger partial charge >= 0.3 is 0 Å². The zero-order chi connectivity index (χ0) is 12.1. The second kappa shape index (κ2) is 5.65. The summed E-state index contributed by atoms with van der Waals surface area (Å²) in [4.78, 5) is 0. The van der Waals surface area contributed by atoms with Gasteiger partial charge in [-0.25, -0.2) is 8.78 Å². The molecule has 16 heavy (non-hydrogen) atoms. The van der Waals surface area contributed by atoms with Gasteiger partial charge in [0.25, 0.3) is 0 Å². The Balaban J connectivity index is 2.76. The Morgan fingerprint density at radius 1 is 1.44 bits per heavy atom. The normalized spacial score (nSPS) is 12.5. The number of halogens is 2. The van der Waals surface area contributed by atoms with Crippen LogP contribution in [0.1, 0.15) is 13.3 Å². The average molecular weight is 230 g/mol. The van der Waals surface area contributed by atoms with Gasteiger partial charge in [-0.3, -0.25) is 0 Å². The summed E-state index contributed by atoms with van der Waals surface area (Å²) < 4.78 is 31.3. The van der Waals surface area contributed by atoms with E-state index in [9.17, 15) is 8.78 Å². The highest BCUT2D eigenvalue weighted by atomic mass is 19.2. The highest BCUT2D eigenvalue weighted by molar-refractivity contribution is 5.67. The molecule has 0 aliphatic carbocycles. The average Bonchev–Trinajstić information content (AvgIpc) is 2.27. The molecule has 3 nitrogen and oxygen atoms in total. The summed E-state index contributed by atoms with van der Waals surface area (Å²) >= 11 is 0. The van der Waals surface area contributed by atoms with Crippen LogP contribution in [0.15, 0.2) is 12.1 Å². The molecule has 0 aromatic heterocycles. The minimum absolute atomic E-state index is 0.0172. The molecule has 5 heteroatoms. The molecule has 0 saturated heterocycles. The van der Waals surface area contributed by atoms with Crippen molar-refractivity contribution in [3.63, 3.8) is 0 Å². The van der Waals surface area contributed by atoms with Gasteiger partial charge in [0.1, 0.15) is 0 Å². The lowest BCUT2D eigenvalue weighted by atomic mass is 10.2. The van der Waals surface area contributed by atoms with Gasteiger partial charge < -0.3 is 15.8 Å². The Morgan fingerprint density at radius 2 is 2.12 bits per heavy atom. The van der Waals surface area contributed by atoms with Crippen molar-refractivity contribution in [2.45, 2.75) is 19.4 Å². The molecule has 90 valence electrons. The largest absolute Gasteiger partial charge is 0.397 e. The van der Waals surface area contributed by atoms with Gasteiger partial charge in [0.05, 0.1) is 11.4 Å². The summed E-state index contributed by atoms with van der Waals surface area (Å²) in [6, 6.07) is 2.30. The van der Waals surface area contributed by atoms with Crippen molar-refractivity contribution in [3.8, 4) is 0 Å². The number of ether oxygens (including phenoxy) is 1. The fourth-order valence-electron chi connectivity index (χ4n) is 1.33. The Hall–Kier alpha value is -1.36. The maximum atomic E-state index is 13.4. The van der Waals surface area contributed by atoms with Crippen LogP contribution in [-0.2, 0) is 4.74 Å². The third-order valence-corrected chi connectivity index (χ3v) is 2.27. The van der Waals surface area contributed by atoms with Gasteiger partial charge in [-0.2, -0.15) is 0 Å². The van der Waals surface area contributed by atoms with E-state index in [1.807, 2.05) is 6.92 Å². The van der Waals surface area contributed by atoms with Crippen molar-refractivity contribution in [1.29, 1.82) is 0 Å². The van der Waals surface area contributed by atoms with Crippen LogP contribution < -0.4 is 11.1 Å². The van der Waals surface area contributed by atoms with Crippen molar-refractivity contribution in [2.75, 3.05) is 24.8 Å². The number of hydrogen-bond donors (Lipinski definition) is 2. The first-order valence-corrected chi connectivity index (χ1v) is 5.05. The Labute approximate surface area is 93.6 Å². The highest BCUT2D eigenvalue weighted by Gasteiger charge is 2.13. The lowest BCUT2D eigenvalue weighted by Crippen LogP contribution is -2.19. The number of nitrogen functional groups attached to an aromatic ring is 1. The minimum atomic E-state index is -0.940. The van der Waals surface area contributed by atoms with Crippen LogP contribution in [0, 0.1) is 11.6 Å². The van der Waals surface area contributed by atoms with Crippen molar-refractivity contribution < 1.29 is 13.5 Å². The molecule has 0 fully saturated rings. The van der Waals surface area contributed by atoms with Gasteiger partial charge in [-0.15, -0.1) is 0 Å². The molecule has 1 unspecified atom stereocenters. The van der Waals surface area contributed by atoms with E-state index in [0.717, 1.165) is 6.07 Å². The molecule has 0 aliphatic heterocycles. The van der Waals surface area contributed by atoms with Crippen LogP contribution in [-0.4, -0.2) is 19.8 Å². The van der Waals surface area contributed by atoms with Gasteiger partial charge in [-0.1, -0.05) is 0 Å². The van der Waals surface area contributed by atoms with Crippen molar-refractivity contribution >= 4 is 11.4 Å². The zero-order valence-corrected chi connectivity index (χ0v) is 9.39. The minimum Gasteiger partial charge on any atom is -0.397 e. The molecular formula is C11H16F2N2O. The van der Waals surface area contributed by atoms with E-state index < -0.39 is 11.6 Å². The van der Waals surface area contributed by atoms with Crippen LogP contribution in [0.2, 0.25) is 0 Å². The molecule has 0 aliphatic rings. The summed E-state index contributed by atoms with van der Waals surface area (Å²) in [6.45, 7) is 2.40. The molecule has 1 rings (SSSR count). The first-order chi connectivity index (χ1) is 7.56. The number of nitrogens with two attached hydrogens (primary N) is 1. The summed E-state index contributed by atoms with van der Waals surface area (Å²) in [5, 5.41) is 2.83. The Kier molecular flexibility index (Phi) is 4.49. The monoisotopic (exact) mass is 230 g/mol. The van der Waals surface area contributed by atoms with Crippen molar-refractivity contribution in [2.24, 2.45) is 0 Å². The SMILES string of the molecule is COCCC(C)Nc1c(N)ccc(F)c1F. The predicted molar refractivity (Wildman–Crippen MR) is 60.3 cm³/mol. The van der Waals surface area contributed by atoms with Crippen LogP contribution in [0.4, 0.5) is 20.2 Å². The number of methoxy groups -OCH3 is 1. The summed E-state index contributed by atoms with van der Waals surface area (Å²) in [5.74, 6) is -1.85. The second-order valence-electron chi connectivity index (χ2n) is 3.65. The number of rotatable bonds is 5. The van der Waals surface area contributed by atoms with Crippen LogP contribution in [0.3, 0.4) is 0 Å². The predicted octanol–water partition coefficient (Wildman–Crippen LogP) is 2.38. The molecular weight excluding hydrogens is 214 g/mol. The van der Waals surface area contributed by atoms with Crippen molar-refractivity contribution in [1.82, 2.24) is 0 Å². The van der Waals surface area contributed by atoms with E-state index in [1.54, 1.807) is 7.11 Å². The molecule has 1 aromatic rings. The third-order valence-electron chi connectivity index (χ3n) is 2.27. The molecule has 0 bridgehead atoms. The van der Waals surface area contributed by atoms with Gasteiger partial charge in [0, 0.05) is 19.8 Å². The van der Waals surface area contributed by atoms with Crippen LogP contribution >= 0.6 is 0 Å². The lowest BCUT2D eigenvalue weighted by molar-refractivity contribution is 0.191. The zero-order valence-electron chi connectivity index (χ0n) is 9.39. The molecule has 0 amide bonds. The summed E-state index contributed by atoms with van der Waals surface area (Å²) in [5.41, 5.74) is 5.78.